The van der Waals surface area contributed by atoms with Gasteiger partial charge in [0, 0.05) is 29.7 Å². The summed E-state index contributed by atoms with van der Waals surface area (Å²) in [5.74, 6) is 0.933. The molecule has 5 heteroatoms. The minimum Gasteiger partial charge on any atom is -0.384 e. The fourth-order valence-electron chi connectivity index (χ4n) is 2.28. The number of nitrogens with zero attached hydrogens (tertiary/aromatic N) is 3. The van der Waals surface area contributed by atoms with Gasteiger partial charge < -0.3 is 5.32 Å². The van der Waals surface area contributed by atoms with Crippen molar-refractivity contribution in [1.29, 1.82) is 0 Å². The molecular weight excluding hydrogens is 250 g/mol. The van der Waals surface area contributed by atoms with Crippen molar-refractivity contribution in [3.63, 3.8) is 0 Å². The first kappa shape index (κ1) is 12.6. The summed E-state index contributed by atoms with van der Waals surface area (Å²) in [5, 5.41) is 11.4. The molecule has 0 saturated carbocycles. The Hall–Kier alpha value is -2.43. The van der Waals surface area contributed by atoms with Crippen LogP contribution in [0, 0.1) is 6.92 Å². The number of H-pyrrole nitrogens is 1. The molecule has 5 nitrogen and oxygen atoms in total. The largest absolute Gasteiger partial charge is 0.384 e. The van der Waals surface area contributed by atoms with Gasteiger partial charge in [0.15, 0.2) is 0 Å². The van der Waals surface area contributed by atoms with Gasteiger partial charge in [-0.3, -0.25) is 10.1 Å². The number of rotatable bonds is 5. The molecule has 3 aromatic rings. The highest BCUT2D eigenvalue weighted by molar-refractivity contribution is 5.91. The summed E-state index contributed by atoms with van der Waals surface area (Å²) in [7, 11) is 0. The lowest BCUT2D eigenvalue weighted by Crippen LogP contribution is -2.05. The van der Waals surface area contributed by atoms with Crippen LogP contribution in [0.4, 0.5) is 5.69 Å². The summed E-state index contributed by atoms with van der Waals surface area (Å²) < 4.78 is 0. The number of para-hydroxylation sites is 1. The highest BCUT2D eigenvalue weighted by Gasteiger charge is 2.03. The fourth-order valence-corrected chi connectivity index (χ4v) is 2.28. The zero-order chi connectivity index (χ0) is 13.8. The number of fused-ring (bicyclic) bond motifs is 1. The van der Waals surface area contributed by atoms with E-state index in [-0.39, 0.29) is 0 Å². The Morgan fingerprint density at radius 1 is 1.25 bits per heavy atom. The number of aryl methyl sites for hydroxylation is 2. The molecule has 0 aliphatic carbocycles. The lowest BCUT2D eigenvalue weighted by atomic mass is 10.1. The third-order valence-corrected chi connectivity index (χ3v) is 3.21. The van der Waals surface area contributed by atoms with Crippen molar-refractivity contribution in [3.05, 3.63) is 48.2 Å². The molecule has 0 radical (unpaired) electrons. The molecular formula is C15H17N5. The Morgan fingerprint density at radius 2 is 2.15 bits per heavy atom. The van der Waals surface area contributed by atoms with Crippen LogP contribution in [-0.4, -0.2) is 26.7 Å². The number of hydrogen-bond donors (Lipinski definition) is 2. The van der Waals surface area contributed by atoms with Gasteiger partial charge in [-0.1, -0.05) is 18.2 Å². The molecule has 0 fully saturated rings. The van der Waals surface area contributed by atoms with Crippen LogP contribution in [0.1, 0.15) is 17.9 Å². The van der Waals surface area contributed by atoms with Crippen molar-refractivity contribution in [2.45, 2.75) is 19.8 Å². The predicted octanol–water partition coefficient (Wildman–Crippen LogP) is 2.71. The SMILES string of the molecule is Cc1cc(NCCCc2ncn[nH]2)c2ccccc2n1. The molecule has 0 bridgehead atoms. The van der Waals surface area contributed by atoms with Gasteiger partial charge in [-0.05, 0) is 25.5 Å². The summed E-state index contributed by atoms with van der Waals surface area (Å²) in [5.41, 5.74) is 3.21. The zero-order valence-corrected chi connectivity index (χ0v) is 11.4. The molecule has 2 N–H and O–H groups in total. The van der Waals surface area contributed by atoms with Crippen LogP contribution in [-0.2, 0) is 6.42 Å². The van der Waals surface area contributed by atoms with Gasteiger partial charge in [0.2, 0.25) is 0 Å². The van der Waals surface area contributed by atoms with E-state index in [0.717, 1.165) is 47.5 Å². The molecule has 0 saturated heterocycles. The second-order valence-corrected chi connectivity index (χ2v) is 4.79. The minimum atomic E-state index is 0.897. The van der Waals surface area contributed by atoms with Crippen LogP contribution >= 0.6 is 0 Å². The van der Waals surface area contributed by atoms with Crippen LogP contribution in [0.25, 0.3) is 10.9 Å². The van der Waals surface area contributed by atoms with Gasteiger partial charge in [0.1, 0.15) is 12.2 Å². The molecule has 2 heterocycles. The van der Waals surface area contributed by atoms with Crippen molar-refractivity contribution >= 4 is 16.6 Å². The molecule has 0 aliphatic rings. The Balaban J connectivity index is 1.68. The summed E-state index contributed by atoms with van der Waals surface area (Å²) in [4.78, 5) is 8.66. The van der Waals surface area contributed by atoms with Crippen molar-refractivity contribution in [2.75, 3.05) is 11.9 Å². The normalized spacial score (nSPS) is 10.8. The third-order valence-electron chi connectivity index (χ3n) is 3.21. The van der Waals surface area contributed by atoms with Crippen LogP contribution < -0.4 is 5.32 Å². The number of hydrogen-bond acceptors (Lipinski definition) is 4. The van der Waals surface area contributed by atoms with Gasteiger partial charge in [-0.15, -0.1) is 0 Å². The number of aromatic nitrogens is 4. The maximum atomic E-state index is 4.54. The number of benzene rings is 1. The lowest BCUT2D eigenvalue weighted by molar-refractivity contribution is 0.806. The van der Waals surface area contributed by atoms with E-state index in [0.29, 0.717) is 0 Å². The Bertz CT molecular complexity index is 691. The van der Waals surface area contributed by atoms with Crippen LogP contribution in [0.3, 0.4) is 0 Å². The Labute approximate surface area is 117 Å². The van der Waals surface area contributed by atoms with Crippen LogP contribution in [0.2, 0.25) is 0 Å². The highest BCUT2D eigenvalue weighted by atomic mass is 15.2. The van der Waals surface area contributed by atoms with Crippen molar-refractivity contribution in [2.24, 2.45) is 0 Å². The van der Waals surface area contributed by atoms with E-state index in [1.165, 1.54) is 0 Å². The maximum absolute atomic E-state index is 4.54. The summed E-state index contributed by atoms with van der Waals surface area (Å²) in [6, 6.07) is 10.3. The van der Waals surface area contributed by atoms with Gasteiger partial charge in [-0.25, -0.2) is 4.98 Å². The van der Waals surface area contributed by atoms with E-state index in [9.17, 15) is 0 Å². The molecule has 0 atom stereocenters. The van der Waals surface area contributed by atoms with E-state index in [4.69, 9.17) is 0 Å². The molecule has 102 valence electrons. The lowest BCUT2D eigenvalue weighted by Gasteiger charge is -2.10. The molecule has 0 spiro atoms. The van der Waals surface area contributed by atoms with Gasteiger partial charge >= 0.3 is 0 Å². The zero-order valence-electron chi connectivity index (χ0n) is 11.4. The average molecular weight is 267 g/mol. The summed E-state index contributed by atoms with van der Waals surface area (Å²) in [6.07, 6.45) is 3.45. The first-order valence-electron chi connectivity index (χ1n) is 6.77. The summed E-state index contributed by atoms with van der Waals surface area (Å²) in [6.45, 7) is 2.92. The third kappa shape index (κ3) is 2.77. The molecule has 3 rings (SSSR count). The van der Waals surface area contributed by atoms with E-state index in [1.807, 2.05) is 25.1 Å². The number of aromatic amines is 1. The predicted molar refractivity (Wildman–Crippen MR) is 79.7 cm³/mol. The first-order chi connectivity index (χ1) is 9.83. The second-order valence-electron chi connectivity index (χ2n) is 4.79. The summed E-state index contributed by atoms with van der Waals surface area (Å²) >= 11 is 0. The Morgan fingerprint density at radius 3 is 3.00 bits per heavy atom. The number of anilines is 1. The molecule has 1 aromatic carbocycles. The van der Waals surface area contributed by atoms with Crippen molar-refractivity contribution in [1.82, 2.24) is 20.2 Å². The van der Waals surface area contributed by atoms with E-state index in [1.54, 1.807) is 6.33 Å². The monoisotopic (exact) mass is 267 g/mol. The average Bonchev–Trinajstić information content (AvgIpc) is 2.96. The fraction of sp³-hybridized carbons (Fsp3) is 0.267. The van der Waals surface area contributed by atoms with Gasteiger partial charge in [0.05, 0.1) is 5.52 Å². The van der Waals surface area contributed by atoms with E-state index in [2.05, 4.69) is 37.6 Å². The highest BCUT2D eigenvalue weighted by Crippen LogP contribution is 2.22. The minimum absolute atomic E-state index is 0.897. The van der Waals surface area contributed by atoms with Crippen molar-refractivity contribution < 1.29 is 0 Å². The first-order valence-corrected chi connectivity index (χ1v) is 6.77. The van der Waals surface area contributed by atoms with Crippen molar-refractivity contribution in [3.8, 4) is 0 Å². The van der Waals surface area contributed by atoms with Gasteiger partial charge in [-0.2, -0.15) is 5.10 Å². The van der Waals surface area contributed by atoms with E-state index < -0.39 is 0 Å². The molecule has 0 aliphatic heterocycles. The number of pyridine rings is 1. The van der Waals surface area contributed by atoms with Gasteiger partial charge in [0.25, 0.3) is 0 Å². The second kappa shape index (κ2) is 5.69. The quantitative estimate of drug-likeness (QED) is 0.697. The van der Waals surface area contributed by atoms with E-state index >= 15 is 0 Å². The number of nitrogens with one attached hydrogen (secondary N) is 2. The Kier molecular flexibility index (Phi) is 3.58. The molecule has 20 heavy (non-hydrogen) atoms. The van der Waals surface area contributed by atoms with Crippen LogP contribution in [0.5, 0.6) is 0 Å². The molecule has 0 amide bonds. The standard InChI is InChI=1S/C15H17N5/c1-11-9-14(12-5-2-3-6-13(12)19-11)16-8-4-7-15-17-10-18-20-15/h2-3,5-6,9-10H,4,7-8H2,1H3,(H,16,19)(H,17,18,20). The topological polar surface area (TPSA) is 66.5 Å². The smallest absolute Gasteiger partial charge is 0.137 e. The maximum Gasteiger partial charge on any atom is 0.137 e. The molecule has 0 unspecified atom stereocenters. The van der Waals surface area contributed by atoms with Crippen LogP contribution in [0.15, 0.2) is 36.7 Å². The molecule has 2 aromatic heterocycles.